The molecule has 1 N–H and O–H groups in total. The maximum Gasteiger partial charge on any atom is 0.332 e. The first-order valence-corrected chi connectivity index (χ1v) is 11.4. The smallest absolute Gasteiger partial charge is 0.332 e. The Kier molecular flexibility index (Phi) is 5.96. The van der Waals surface area contributed by atoms with Crippen molar-refractivity contribution in [3.63, 3.8) is 0 Å². The third-order valence-electron chi connectivity index (χ3n) is 6.25. The number of nitrogens with zero attached hydrogens (tertiary/aromatic N) is 5. The number of Topliss-reactive ketones (excluding diaryl/α,β-unsaturated/α-hetero) is 1. The summed E-state index contributed by atoms with van der Waals surface area (Å²) in [5.74, 6) is 0.781. The minimum absolute atomic E-state index is 0.214. The monoisotopic (exact) mass is 474 g/mol. The number of aryl methyl sites for hydroxylation is 1. The minimum Gasteiger partial charge on any atom is -0.495 e. The van der Waals surface area contributed by atoms with Crippen LogP contribution in [0.2, 0.25) is 0 Å². The zero-order valence-electron chi connectivity index (χ0n) is 19.6. The Balaban J connectivity index is 1.78. The topological polar surface area (TPSA) is 103 Å². The number of hydrogen-bond donors (Lipinski definition) is 1. The number of benzene rings is 2. The van der Waals surface area contributed by atoms with Crippen LogP contribution in [0.15, 0.2) is 64.2 Å². The van der Waals surface area contributed by atoms with Crippen molar-refractivity contribution in [1.82, 2.24) is 24.0 Å². The van der Waals surface area contributed by atoms with Crippen LogP contribution in [0.4, 0.5) is 5.95 Å². The molecule has 1 saturated heterocycles. The first-order valence-electron chi connectivity index (χ1n) is 11.4. The van der Waals surface area contributed by atoms with E-state index in [9.17, 15) is 14.4 Å². The number of carbonyl (C=O) groups excluding carboxylic acids is 1. The first kappa shape index (κ1) is 22.6. The number of rotatable bonds is 6. The van der Waals surface area contributed by atoms with E-state index in [-0.39, 0.29) is 23.5 Å². The molecular weight excluding hydrogens is 448 g/mol. The van der Waals surface area contributed by atoms with E-state index in [0.29, 0.717) is 36.0 Å². The SMILES string of the molecule is COc1ccccc1-n1c(N2CCNCC2)nc2c1c(=O)n(CC(=O)c1ccccc1)c(=O)n2C. The van der Waals surface area contributed by atoms with Crippen molar-refractivity contribution in [3.8, 4) is 11.4 Å². The summed E-state index contributed by atoms with van der Waals surface area (Å²) in [6, 6.07) is 16.0. The Bertz CT molecular complexity index is 1510. The van der Waals surface area contributed by atoms with E-state index in [1.807, 2.05) is 24.3 Å². The van der Waals surface area contributed by atoms with E-state index in [1.54, 1.807) is 49.1 Å². The third kappa shape index (κ3) is 3.91. The number of ether oxygens (including phenoxy) is 1. The maximum absolute atomic E-state index is 13.8. The quantitative estimate of drug-likeness (QED) is 0.419. The summed E-state index contributed by atoms with van der Waals surface area (Å²) in [5.41, 5.74) is 0.355. The standard InChI is InChI=1S/C25H26N6O4/c1-28-22-21(23(33)30(25(28)34)16-19(32)17-8-4-3-5-9-17)31(18-10-6-7-11-20(18)35-2)24(27-22)29-14-12-26-13-15-29/h3-11,26H,12-16H2,1-2H3. The van der Waals surface area contributed by atoms with Crippen molar-refractivity contribution in [2.24, 2.45) is 7.05 Å². The Hall–Kier alpha value is -4.18. The second-order valence-corrected chi connectivity index (χ2v) is 8.35. The predicted molar refractivity (Wildman–Crippen MR) is 133 cm³/mol. The highest BCUT2D eigenvalue weighted by molar-refractivity contribution is 5.96. The number of piperazine rings is 1. The highest BCUT2D eigenvalue weighted by Gasteiger charge is 2.27. The molecule has 0 saturated carbocycles. The van der Waals surface area contributed by atoms with Gasteiger partial charge in [0, 0.05) is 38.8 Å². The van der Waals surface area contributed by atoms with Gasteiger partial charge in [-0.25, -0.2) is 4.79 Å². The molecule has 0 aliphatic carbocycles. The lowest BCUT2D eigenvalue weighted by atomic mass is 10.1. The van der Waals surface area contributed by atoms with Crippen molar-refractivity contribution >= 4 is 22.9 Å². The number of ketones is 1. The average molecular weight is 475 g/mol. The van der Waals surface area contributed by atoms with E-state index in [4.69, 9.17) is 9.72 Å². The molecule has 0 spiro atoms. The van der Waals surface area contributed by atoms with E-state index in [2.05, 4.69) is 10.2 Å². The molecule has 1 fully saturated rings. The van der Waals surface area contributed by atoms with Crippen LogP contribution < -0.4 is 26.2 Å². The molecule has 35 heavy (non-hydrogen) atoms. The minimum atomic E-state index is -0.594. The lowest BCUT2D eigenvalue weighted by molar-refractivity contribution is 0.0969. The van der Waals surface area contributed by atoms with Gasteiger partial charge >= 0.3 is 5.69 Å². The van der Waals surface area contributed by atoms with Crippen LogP contribution in [-0.2, 0) is 13.6 Å². The Labute approximate surface area is 201 Å². The first-order chi connectivity index (χ1) is 17.0. The Morgan fingerprint density at radius 3 is 2.43 bits per heavy atom. The van der Waals surface area contributed by atoms with Gasteiger partial charge in [0.25, 0.3) is 5.56 Å². The van der Waals surface area contributed by atoms with Gasteiger partial charge in [0.05, 0.1) is 19.3 Å². The molecule has 180 valence electrons. The highest BCUT2D eigenvalue weighted by atomic mass is 16.5. The summed E-state index contributed by atoms with van der Waals surface area (Å²) in [4.78, 5) is 46.8. The molecular formula is C25H26N6O4. The summed E-state index contributed by atoms with van der Waals surface area (Å²) in [6.07, 6.45) is 0. The molecule has 1 aliphatic heterocycles. The van der Waals surface area contributed by atoms with E-state index < -0.39 is 11.2 Å². The maximum atomic E-state index is 13.8. The highest BCUT2D eigenvalue weighted by Crippen LogP contribution is 2.30. The fourth-order valence-corrected chi connectivity index (χ4v) is 4.43. The molecule has 4 aromatic rings. The van der Waals surface area contributed by atoms with Crippen LogP contribution >= 0.6 is 0 Å². The lowest BCUT2D eigenvalue weighted by Gasteiger charge is -2.29. The van der Waals surface area contributed by atoms with Crippen molar-refractivity contribution in [2.75, 3.05) is 38.2 Å². The number of anilines is 1. The van der Waals surface area contributed by atoms with E-state index >= 15 is 0 Å². The molecule has 2 aromatic heterocycles. The molecule has 0 bridgehead atoms. The molecule has 0 amide bonds. The molecule has 5 rings (SSSR count). The average Bonchev–Trinajstić information content (AvgIpc) is 3.31. The van der Waals surface area contributed by atoms with Crippen molar-refractivity contribution < 1.29 is 9.53 Å². The fraction of sp³-hybridized carbons (Fsp3) is 0.280. The zero-order chi connectivity index (χ0) is 24.5. The number of nitrogens with one attached hydrogen (secondary N) is 1. The molecule has 3 heterocycles. The Morgan fingerprint density at radius 1 is 1.03 bits per heavy atom. The predicted octanol–water partition coefficient (Wildman–Crippen LogP) is 1.19. The molecule has 0 unspecified atom stereocenters. The number of methoxy groups -OCH3 is 1. The van der Waals surface area contributed by atoms with Gasteiger partial charge in [-0.3, -0.25) is 23.3 Å². The largest absolute Gasteiger partial charge is 0.495 e. The van der Waals surface area contributed by atoms with Crippen molar-refractivity contribution in [1.29, 1.82) is 0 Å². The number of aromatic nitrogens is 4. The van der Waals surface area contributed by atoms with Gasteiger partial charge in [0.1, 0.15) is 5.75 Å². The fourth-order valence-electron chi connectivity index (χ4n) is 4.43. The summed E-state index contributed by atoms with van der Waals surface area (Å²) in [5, 5.41) is 3.32. The van der Waals surface area contributed by atoms with Gasteiger partial charge in [0.15, 0.2) is 16.9 Å². The number of imidazole rings is 1. The van der Waals surface area contributed by atoms with Crippen molar-refractivity contribution in [3.05, 3.63) is 81.0 Å². The number of fused-ring (bicyclic) bond motifs is 1. The van der Waals surface area contributed by atoms with Crippen LogP contribution in [0, 0.1) is 0 Å². The second-order valence-electron chi connectivity index (χ2n) is 8.35. The van der Waals surface area contributed by atoms with E-state index in [0.717, 1.165) is 17.7 Å². The van der Waals surface area contributed by atoms with Crippen LogP contribution in [0.1, 0.15) is 10.4 Å². The normalized spacial score (nSPS) is 13.8. The van der Waals surface area contributed by atoms with Gasteiger partial charge in [-0.15, -0.1) is 0 Å². The number of carbonyl (C=O) groups is 1. The third-order valence-corrected chi connectivity index (χ3v) is 6.25. The summed E-state index contributed by atoms with van der Waals surface area (Å²) >= 11 is 0. The lowest BCUT2D eigenvalue weighted by Crippen LogP contribution is -2.44. The molecule has 10 heteroatoms. The number of hydrogen-bond acceptors (Lipinski definition) is 7. The molecule has 2 aromatic carbocycles. The van der Waals surface area contributed by atoms with Gasteiger partial charge in [-0.05, 0) is 12.1 Å². The van der Waals surface area contributed by atoms with E-state index in [1.165, 1.54) is 4.57 Å². The van der Waals surface area contributed by atoms with Gasteiger partial charge in [0.2, 0.25) is 5.95 Å². The molecule has 0 radical (unpaired) electrons. The summed E-state index contributed by atoms with van der Waals surface area (Å²) in [7, 11) is 3.13. The zero-order valence-corrected chi connectivity index (χ0v) is 19.6. The summed E-state index contributed by atoms with van der Waals surface area (Å²) < 4.78 is 9.64. The van der Waals surface area contributed by atoms with Crippen LogP contribution in [0.25, 0.3) is 16.9 Å². The van der Waals surface area contributed by atoms with Crippen LogP contribution in [-0.4, -0.2) is 57.8 Å². The second kappa shape index (κ2) is 9.22. The van der Waals surface area contributed by atoms with Crippen molar-refractivity contribution in [2.45, 2.75) is 6.54 Å². The molecule has 0 atom stereocenters. The van der Waals surface area contributed by atoms with Crippen LogP contribution in [0.3, 0.4) is 0 Å². The van der Waals surface area contributed by atoms with Gasteiger partial charge < -0.3 is 15.0 Å². The van der Waals surface area contributed by atoms with Gasteiger partial charge in [-0.2, -0.15) is 4.98 Å². The van der Waals surface area contributed by atoms with Crippen LogP contribution in [0.5, 0.6) is 5.75 Å². The Morgan fingerprint density at radius 2 is 1.71 bits per heavy atom. The summed E-state index contributed by atoms with van der Waals surface area (Å²) in [6.45, 7) is 2.54. The number of para-hydroxylation sites is 2. The van der Waals surface area contributed by atoms with Gasteiger partial charge in [-0.1, -0.05) is 42.5 Å². The molecule has 1 aliphatic rings. The molecule has 10 nitrogen and oxygen atoms in total.